The van der Waals surface area contributed by atoms with E-state index >= 15 is 0 Å². The van der Waals surface area contributed by atoms with Gasteiger partial charge in [-0.05, 0) is 35.9 Å². The van der Waals surface area contributed by atoms with E-state index in [4.69, 9.17) is 4.74 Å². The number of carbonyl (C=O) groups excluding carboxylic acids is 1. The van der Waals surface area contributed by atoms with E-state index < -0.39 is 17.8 Å². The number of rotatable bonds is 7. The molecule has 0 saturated carbocycles. The number of benzene rings is 2. The summed E-state index contributed by atoms with van der Waals surface area (Å²) in [7, 11) is 1.91. The summed E-state index contributed by atoms with van der Waals surface area (Å²) in [6, 6.07) is 12.0. The summed E-state index contributed by atoms with van der Waals surface area (Å²) in [6.45, 7) is -0.176. The number of nitrogens with zero attached hydrogens (tertiary/aromatic N) is 1. The van der Waals surface area contributed by atoms with Gasteiger partial charge in [0.15, 0.2) is 0 Å². The number of para-hydroxylation sites is 1. The number of ether oxygens (including phenoxy) is 1. The van der Waals surface area contributed by atoms with Crippen molar-refractivity contribution in [3.05, 3.63) is 65.9 Å². The average molecular weight is 406 g/mol. The van der Waals surface area contributed by atoms with Gasteiger partial charge in [-0.2, -0.15) is 13.2 Å². The molecule has 3 aromatic rings. The van der Waals surface area contributed by atoms with Crippen LogP contribution in [0.15, 0.2) is 54.7 Å². The Balaban J connectivity index is 1.46. The molecule has 3 rings (SSSR count). The minimum Gasteiger partial charge on any atom is -0.491 e. The molecule has 0 radical (unpaired) electrons. The maximum absolute atomic E-state index is 12.5. The number of aromatic nitrogens is 1. The zero-order chi connectivity index (χ0) is 21.0. The van der Waals surface area contributed by atoms with Crippen LogP contribution in [0.25, 0.3) is 10.9 Å². The van der Waals surface area contributed by atoms with E-state index in [-0.39, 0.29) is 31.2 Å². The molecule has 8 heteroatoms. The summed E-state index contributed by atoms with van der Waals surface area (Å²) in [5.41, 5.74) is 1.14. The van der Waals surface area contributed by atoms with Crippen molar-refractivity contribution in [3.8, 4) is 5.75 Å². The molecule has 1 unspecified atom stereocenters. The molecule has 0 spiro atoms. The highest BCUT2D eigenvalue weighted by atomic mass is 19.4. The third-order valence-corrected chi connectivity index (χ3v) is 4.49. The molecule has 1 atom stereocenters. The minimum atomic E-state index is -4.41. The lowest BCUT2D eigenvalue weighted by Crippen LogP contribution is -2.36. The van der Waals surface area contributed by atoms with Crippen molar-refractivity contribution in [3.63, 3.8) is 0 Å². The Bertz CT molecular complexity index is 981. The highest BCUT2D eigenvalue weighted by molar-refractivity contribution is 5.89. The largest absolute Gasteiger partial charge is 0.491 e. The quantitative estimate of drug-likeness (QED) is 0.633. The van der Waals surface area contributed by atoms with E-state index in [1.54, 1.807) is 0 Å². The van der Waals surface area contributed by atoms with E-state index in [2.05, 4.69) is 5.32 Å². The topological polar surface area (TPSA) is 63.5 Å². The van der Waals surface area contributed by atoms with Gasteiger partial charge in [-0.1, -0.05) is 18.2 Å². The van der Waals surface area contributed by atoms with Crippen LogP contribution in [-0.4, -0.2) is 34.8 Å². The molecule has 5 nitrogen and oxygen atoms in total. The van der Waals surface area contributed by atoms with Crippen LogP contribution < -0.4 is 10.1 Å². The molecule has 0 bridgehead atoms. The molecule has 1 heterocycles. The van der Waals surface area contributed by atoms with Crippen LogP contribution in [0.3, 0.4) is 0 Å². The van der Waals surface area contributed by atoms with Crippen molar-refractivity contribution in [1.29, 1.82) is 0 Å². The van der Waals surface area contributed by atoms with Crippen molar-refractivity contribution >= 4 is 16.8 Å². The highest BCUT2D eigenvalue weighted by Gasteiger charge is 2.30. The molecule has 0 aliphatic heterocycles. The Morgan fingerprint density at radius 1 is 1.17 bits per heavy atom. The first-order valence-electron chi connectivity index (χ1n) is 9.02. The molecule has 154 valence electrons. The van der Waals surface area contributed by atoms with E-state index in [1.807, 2.05) is 42.1 Å². The van der Waals surface area contributed by atoms with Gasteiger partial charge in [-0.3, -0.25) is 4.79 Å². The van der Waals surface area contributed by atoms with Crippen LogP contribution >= 0.6 is 0 Å². The van der Waals surface area contributed by atoms with E-state index in [0.717, 1.165) is 28.6 Å². The zero-order valence-electron chi connectivity index (χ0n) is 15.7. The van der Waals surface area contributed by atoms with Crippen LogP contribution in [0.4, 0.5) is 13.2 Å². The lowest BCUT2D eigenvalue weighted by molar-refractivity contribution is -0.137. The number of nitrogens with one attached hydrogen (secondary N) is 1. The average Bonchev–Trinajstić information content (AvgIpc) is 3.00. The van der Waals surface area contributed by atoms with Gasteiger partial charge in [0.1, 0.15) is 18.5 Å². The molecule has 0 fully saturated rings. The fourth-order valence-electron chi connectivity index (χ4n) is 3.03. The second kappa shape index (κ2) is 8.57. The Morgan fingerprint density at radius 2 is 1.86 bits per heavy atom. The van der Waals surface area contributed by atoms with Gasteiger partial charge in [0, 0.05) is 30.7 Å². The maximum atomic E-state index is 12.5. The number of halogens is 3. The molecule has 1 amide bonds. The van der Waals surface area contributed by atoms with Crippen LogP contribution in [-0.2, 0) is 24.4 Å². The maximum Gasteiger partial charge on any atom is 0.416 e. The van der Waals surface area contributed by atoms with Crippen molar-refractivity contribution in [2.24, 2.45) is 7.05 Å². The summed E-state index contributed by atoms with van der Waals surface area (Å²) in [5, 5.41) is 13.6. The molecule has 2 aromatic carbocycles. The molecular formula is C21H21F3N2O3. The summed E-state index contributed by atoms with van der Waals surface area (Å²) in [6.07, 6.45) is -3.33. The van der Waals surface area contributed by atoms with Crippen molar-refractivity contribution in [1.82, 2.24) is 9.88 Å². The number of carbonyl (C=O) groups is 1. The number of aryl methyl sites for hydroxylation is 1. The Hall–Kier alpha value is -3.00. The zero-order valence-corrected chi connectivity index (χ0v) is 15.7. The fourth-order valence-corrected chi connectivity index (χ4v) is 3.03. The number of aliphatic hydroxyl groups excluding tert-OH is 1. The number of amides is 1. The second-order valence-electron chi connectivity index (χ2n) is 6.75. The number of hydrogen-bond acceptors (Lipinski definition) is 3. The lowest BCUT2D eigenvalue weighted by atomic mass is 10.1. The first-order chi connectivity index (χ1) is 13.7. The van der Waals surface area contributed by atoms with Gasteiger partial charge < -0.3 is 19.7 Å². The predicted octanol–water partition coefficient (Wildman–Crippen LogP) is 3.30. The standard InChI is InChI=1S/C21H21F3N2O3/c1-26-12-14(18-4-2-3-5-19(18)26)10-20(28)25-11-16(27)13-29-17-8-6-15(7-9-17)21(22,23)24/h2-9,12,16,27H,10-11,13H2,1H3,(H,25,28). The molecule has 0 saturated heterocycles. The smallest absolute Gasteiger partial charge is 0.416 e. The van der Waals surface area contributed by atoms with Gasteiger partial charge in [-0.15, -0.1) is 0 Å². The molecular weight excluding hydrogens is 385 g/mol. The third-order valence-electron chi connectivity index (χ3n) is 4.49. The molecule has 0 aliphatic carbocycles. The fraction of sp³-hybridized carbons (Fsp3) is 0.286. The Kier molecular flexibility index (Phi) is 6.12. The SMILES string of the molecule is Cn1cc(CC(=O)NCC(O)COc2ccc(C(F)(F)F)cc2)c2ccccc21. The van der Waals surface area contributed by atoms with E-state index in [0.29, 0.717) is 0 Å². The number of fused-ring (bicyclic) bond motifs is 1. The monoisotopic (exact) mass is 406 g/mol. The van der Waals surface area contributed by atoms with Crippen LogP contribution in [0.5, 0.6) is 5.75 Å². The Labute approximate surface area is 165 Å². The summed E-state index contributed by atoms with van der Waals surface area (Å²) in [5.74, 6) is -0.0333. The Morgan fingerprint density at radius 3 is 2.55 bits per heavy atom. The van der Waals surface area contributed by atoms with Crippen LogP contribution in [0, 0.1) is 0 Å². The molecule has 2 N–H and O–H groups in total. The predicted molar refractivity (Wildman–Crippen MR) is 103 cm³/mol. The normalized spacial score (nSPS) is 12.7. The number of aliphatic hydroxyl groups is 1. The number of hydrogen-bond donors (Lipinski definition) is 2. The third kappa shape index (κ3) is 5.29. The lowest BCUT2D eigenvalue weighted by Gasteiger charge is -2.14. The first-order valence-corrected chi connectivity index (χ1v) is 9.02. The van der Waals surface area contributed by atoms with Crippen molar-refractivity contribution in [2.45, 2.75) is 18.7 Å². The van der Waals surface area contributed by atoms with Crippen molar-refractivity contribution < 1.29 is 27.8 Å². The summed E-state index contributed by atoms with van der Waals surface area (Å²) in [4.78, 5) is 12.2. The van der Waals surface area contributed by atoms with Gasteiger partial charge in [0.25, 0.3) is 0 Å². The summed E-state index contributed by atoms with van der Waals surface area (Å²) >= 11 is 0. The van der Waals surface area contributed by atoms with Gasteiger partial charge in [0.05, 0.1) is 12.0 Å². The van der Waals surface area contributed by atoms with E-state index in [1.165, 1.54) is 12.1 Å². The van der Waals surface area contributed by atoms with Crippen LogP contribution in [0.2, 0.25) is 0 Å². The van der Waals surface area contributed by atoms with Crippen molar-refractivity contribution in [2.75, 3.05) is 13.2 Å². The minimum absolute atomic E-state index is 0.0236. The number of alkyl halides is 3. The second-order valence-corrected chi connectivity index (χ2v) is 6.75. The molecule has 29 heavy (non-hydrogen) atoms. The van der Waals surface area contributed by atoms with Gasteiger partial charge in [-0.25, -0.2) is 0 Å². The first kappa shape index (κ1) is 20.7. The van der Waals surface area contributed by atoms with E-state index in [9.17, 15) is 23.1 Å². The van der Waals surface area contributed by atoms with Gasteiger partial charge >= 0.3 is 6.18 Å². The van der Waals surface area contributed by atoms with Crippen LogP contribution in [0.1, 0.15) is 11.1 Å². The molecule has 1 aromatic heterocycles. The summed E-state index contributed by atoms with van der Waals surface area (Å²) < 4.78 is 44.8. The van der Waals surface area contributed by atoms with Gasteiger partial charge in [0.2, 0.25) is 5.91 Å². The molecule has 0 aliphatic rings. The highest BCUT2D eigenvalue weighted by Crippen LogP contribution is 2.30.